The highest BCUT2D eigenvalue weighted by Gasteiger charge is 2.18. The SMILES string of the molecule is CNC(CCc1ccccc1C)c1ccc(Br)c(Cl)c1F. The van der Waals surface area contributed by atoms with Crippen LogP contribution in [0.1, 0.15) is 29.2 Å². The molecule has 0 saturated heterocycles. The Labute approximate surface area is 138 Å². The summed E-state index contributed by atoms with van der Waals surface area (Å²) in [6.45, 7) is 2.10. The van der Waals surface area contributed by atoms with E-state index in [1.54, 1.807) is 12.1 Å². The zero-order chi connectivity index (χ0) is 15.4. The lowest BCUT2D eigenvalue weighted by Gasteiger charge is -2.19. The highest BCUT2D eigenvalue weighted by molar-refractivity contribution is 9.10. The third kappa shape index (κ3) is 3.85. The zero-order valence-electron chi connectivity index (χ0n) is 12.1. The first-order chi connectivity index (χ1) is 10.0. The molecule has 0 aliphatic rings. The molecule has 0 bridgehead atoms. The Hall–Kier alpha value is -0.900. The largest absolute Gasteiger partial charge is 0.313 e. The second kappa shape index (κ2) is 7.39. The fourth-order valence-corrected chi connectivity index (χ4v) is 2.93. The van der Waals surface area contributed by atoms with Gasteiger partial charge in [0.2, 0.25) is 0 Å². The van der Waals surface area contributed by atoms with E-state index in [0.29, 0.717) is 10.0 Å². The molecule has 1 unspecified atom stereocenters. The molecule has 0 saturated carbocycles. The summed E-state index contributed by atoms with van der Waals surface area (Å²) in [5.41, 5.74) is 3.17. The van der Waals surface area contributed by atoms with Crippen LogP contribution in [0.5, 0.6) is 0 Å². The molecule has 4 heteroatoms. The maximum Gasteiger partial charge on any atom is 0.147 e. The molecular formula is C17H18BrClFN. The molecule has 2 aromatic rings. The van der Waals surface area contributed by atoms with E-state index in [1.807, 2.05) is 19.2 Å². The Morgan fingerprint density at radius 2 is 1.95 bits per heavy atom. The summed E-state index contributed by atoms with van der Waals surface area (Å²) in [6.07, 6.45) is 1.71. The zero-order valence-corrected chi connectivity index (χ0v) is 14.4. The summed E-state index contributed by atoms with van der Waals surface area (Å²) in [5, 5.41) is 3.32. The number of nitrogens with one attached hydrogen (secondary N) is 1. The summed E-state index contributed by atoms with van der Waals surface area (Å²) in [5.74, 6) is -0.352. The Morgan fingerprint density at radius 3 is 2.62 bits per heavy atom. The molecule has 0 radical (unpaired) electrons. The molecule has 0 amide bonds. The van der Waals surface area contributed by atoms with Crippen molar-refractivity contribution in [3.05, 3.63) is 68.4 Å². The van der Waals surface area contributed by atoms with E-state index in [0.717, 1.165) is 12.8 Å². The van der Waals surface area contributed by atoms with Crippen LogP contribution in [0.15, 0.2) is 40.9 Å². The molecule has 21 heavy (non-hydrogen) atoms. The average molecular weight is 371 g/mol. The first kappa shape index (κ1) is 16.5. The maximum absolute atomic E-state index is 14.3. The van der Waals surface area contributed by atoms with Crippen LogP contribution in [0.4, 0.5) is 4.39 Å². The van der Waals surface area contributed by atoms with Crippen LogP contribution in [-0.4, -0.2) is 7.05 Å². The lowest BCUT2D eigenvalue weighted by Crippen LogP contribution is -2.18. The molecule has 2 aromatic carbocycles. The van der Waals surface area contributed by atoms with Gasteiger partial charge in [0.1, 0.15) is 5.82 Å². The van der Waals surface area contributed by atoms with Gasteiger partial charge in [-0.2, -0.15) is 0 Å². The van der Waals surface area contributed by atoms with Crippen molar-refractivity contribution >= 4 is 27.5 Å². The minimum absolute atomic E-state index is 0.0600. The van der Waals surface area contributed by atoms with E-state index in [1.165, 1.54) is 11.1 Å². The number of hydrogen-bond donors (Lipinski definition) is 1. The topological polar surface area (TPSA) is 12.0 Å². The quantitative estimate of drug-likeness (QED) is 0.691. The second-order valence-corrected chi connectivity index (χ2v) is 6.30. The van der Waals surface area contributed by atoms with Crippen LogP contribution < -0.4 is 5.32 Å². The highest BCUT2D eigenvalue weighted by atomic mass is 79.9. The first-order valence-corrected chi connectivity index (χ1v) is 8.07. The molecule has 1 N–H and O–H groups in total. The Kier molecular flexibility index (Phi) is 5.80. The molecule has 0 fully saturated rings. The molecule has 1 atom stereocenters. The Morgan fingerprint density at radius 1 is 1.24 bits per heavy atom. The van der Waals surface area contributed by atoms with Gasteiger partial charge in [-0.3, -0.25) is 0 Å². The molecule has 0 aromatic heterocycles. The van der Waals surface area contributed by atoms with Gasteiger partial charge < -0.3 is 5.32 Å². The number of hydrogen-bond acceptors (Lipinski definition) is 1. The van der Waals surface area contributed by atoms with Crippen molar-refractivity contribution in [3.8, 4) is 0 Å². The highest BCUT2D eigenvalue weighted by Crippen LogP contribution is 2.32. The van der Waals surface area contributed by atoms with Crippen molar-refractivity contribution in [2.45, 2.75) is 25.8 Å². The molecule has 1 nitrogen and oxygen atoms in total. The normalized spacial score (nSPS) is 12.4. The predicted molar refractivity (Wildman–Crippen MR) is 90.4 cm³/mol. The minimum atomic E-state index is -0.352. The van der Waals surface area contributed by atoms with Gasteiger partial charge in [0.15, 0.2) is 0 Å². The van der Waals surface area contributed by atoms with Crippen LogP contribution in [0, 0.1) is 12.7 Å². The summed E-state index contributed by atoms with van der Waals surface area (Å²) < 4.78 is 14.9. The molecule has 0 heterocycles. The third-order valence-corrected chi connectivity index (χ3v) is 5.01. The number of halogens is 3. The monoisotopic (exact) mass is 369 g/mol. The predicted octanol–water partition coefficient (Wildman–Crippen LogP) is 5.44. The first-order valence-electron chi connectivity index (χ1n) is 6.89. The Balaban J connectivity index is 2.18. The van der Waals surface area contributed by atoms with Gasteiger partial charge >= 0.3 is 0 Å². The summed E-state index contributed by atoms with van der Waals surface area (Å²) in [6, 6.07) is 11.8. The van der Waals surface area contributed by atoms with E-state index < -0.39 is 0 Å². The van der Waals surface area contributed by atoms with Gasteiger partial charge in [-0.05, 0) is 59.9 Å². The van der Waals surface area contributed by atoms with E-state index in [-0.39, 0.29) is 16.9 Å². The maximum atomic E-state index is 14.3. The number of aryl methyl sites for hydroxylation is 2. The fourth-order valence-electron chi connectivity index (χ4n) is 2.46. The number of benzene rings is 2. The smallest absolute Gasteiger partial charge is 0.147 e. The van der Waals surface area contributed by atoms with Gasteiger partial charge in [-0.25, -0.2) is 4.39 Å². The number of rotatable bonds is 5. The summed E-state index contributed by atoms with van der Waals surface area (Å²) >= 11 is 9.22. The van der Waals surface area contributed by atoms with Crippen molar-refractivity contribution < 1.29 is 4.39 Å². The Bertz CT molecular complexity index is 630. The third-order valence-electron chi connectivity index (χ3n) is 3.75. The van der Waals surface area contributed by atoms with Crippen molar-refractivity contribution in [2.75, 3.05) is 7.05 Å². The van der Waals surface area contributed by atoms with E-state index in [4.69, 9.17) is 11.6 Å². The van der Waals surface area contributed by atoms with Crippen molar-refractivity contribution in [1.29, 1.82) is 0 Å². The summed E-state index contributed by atoms with van der Waals surface area (Å²) in [7, 11) is 1.85. The van der Waals surface area contributed by atoms with Gasteiger partial charge in [-0.1, -0.05) is 41.9 Å². The standard InChI is InChI=1S/C17H18BrClFN/c1-11-5-3-4-6-12(11)7-10-15(21-2)13-8-9-14(18)16(19)17(13)20/h3-6,8-9,15,21H,7,10H2,1-2H3. The van der Waals surface area contributed by atoms with E-state index >= 15 is 0 Å². The molecule has 0 aliphatic heterocycles. The molecule has 2 rings (SSSR count). The lowest BCUT2D eigenvalue weighted by atomic mass is 9.96. The lowest BCUT2D eigenvalue weighted by molar-refractivity contribution is 0.508. The van der Waals surface area contributed by atoms with Crippen LogP contribution in [0.3, 0.4) is 0 Å². The van der Waals surface area contributed by atoms with Gasteiger partial charge in [0.25, 0.3) is 0 Å². The van der Waals surface area contributed by atoms with Crippen molar-refractivity contribution in [3.63, 3.8) is 0 Å². The van der Waals surface area contributed by atoms with Crippen LogP contribution in [0.2, 0.25) is 5.02 Å². The summed E-state index contributed by atoms with van der Waals surface area (Å²) in [4.78, 5) is 0. The molecule has 0 spiro atoms. The van der Waals surface area contributed by atoms with E-state index in [9.17, 15) is 4.39 Å². The molecule has 112 valence electrons. The fraction of sp³-hybridized carbons (Fsp3) is 0.294. The van der Waals surface area contributed by atoms with Gasteiger partial charge in [0, 0.05) is 16.1 Å². The van der Waals surface area contributed by atoms with Crippen LogP contribution in [0.25, 0.3) is 0 Å². The van der Waals surface area contributed by atoms with Gasteiger partial charge in [-0.15, -0.1) is 0 Å². The molecular weight excluding hydrogens is 353 g/mol. The second-order valence-electron chi connectivity index (χ2n) is 5.07. The molecule has 0 aliphatic carbocycles. The van der Waals surface area contributed by atoms with Crippen LogP contribution in [-0.2, 0) is 6.42 Å². The van der Waals surface area contributed by atoms with Crippen molar-refractivity contribution in [1.82, 2.24) is 5.32 Å². The average Bonchev–Trinajstić information content (AvgIpc) is 2.49. The van der Waals surface area contributed by atoms with Gasteiger partial charge in [0.05, 0.1) is 5.02 Å². The van der Waals surface area contributed by atoms with Crippen molar-refractivity contribution in [2.24, 2.45) is 0 Å². The van der Waals surface area contributed by atoms with Crippen LogP contribution >= 0.6 is 27.5 Å². The minimum Gasteiger partial charge on any atom is -0.313 e. The van der Waals surface area contributed by atoms with E-state index in [2.05, 4.69) is 40.3 Å².